The van der Waals surface area contributed by atoms with E-state index >= 15 is 0 Å². The number of carbonyl (C=O) groups excluding carboxylic acids is 1. The molecule has 2 rings (SSSR count). The molecule has 0 unspecified atom stereocenters. The molecule has 1 aliphatic carbocycles. The quantitative estimate of drug-likeness (QED) is 0.694. The van der Waals surface area contributed by atoms with E-state index in [9.17, 15) is 13.2 Å². The molecule has 27 heavy (non-hydrogen) atoms. The Morgan fingerprint density at radius 3 is 2.15 bits per heavy atom. The molecule has 1 fully saturated rings. The number of carbonyl (C=O) groups is 1. The summed E-state index contributed by atoms with van der Waals surface area (Å²) in [5, 5.41) is 3.16. The first-order chi connectivity index (χ1) is 12.9. The molecule has 0 atom stereocenters. The van der Waals surface area contributed by atoms with Crippen molar-refractivity contribution in [2.75, 3.05) is 13.1 Å². The average molecular weight is 395 g/mol. The molecule has 1 aliphatic rings. The van der Waals surface area contributed by atoms with Crippen molar-refractivity contribution in [1.82, 2.24) is 9.62 Å². The number of rotatable bonds is 9. The summed E-state index contributed by atoms with van der Waals surface area (Å²) in [6, 6.07) is 7.24. The number of sulfonamides is 1. The highest BCUT2D eigenvalue weighted by molar-refractivity contribution is 7.89. The Labute approximate surface area is 164 Å². The van der Waals surface area contributed by atoms with E-state index in [1.165, 1.54) is 23.6 Å². The first-order valence-corrected chi connectivity index (χ1v) is 11.7. The molecule has 0 aliphatic heterocycles. The van der Waals surface area contributed by atoms with E-state index in [2.05, 4.69) is 12.2 Å². The van der Waals surface area contributed by atoms with Crippen molar-refractivity contribution in [1.29, 1.82) is 0 Å². The van der Waals surface area contributed by atoms with Crippen molar-refractivity contribution in [3.63, 3.8) is 0 Å². The maximum Gasteiger partial charge on any atom is 0.243 e. The Morgan fingerprint density at radius 1 is 1.04 bits per heavy atom. The van der Waals surface area contributed by atoms with Gasteiger partial charge >= 0.3 is 0 Å². The second kappa shape index (κ2) is 10.2. The summed E-state index contributed by atoms with van der Waals surface area (Å²) in [6.07, 6.45) is 6.90. The van der Waals surface area contributed by atoms with Gasteiger partial charge in [0.2, 0.25) is 15.9 Å². The molecule has 1 saturated carbocycles. The predicted molar refractivity (Wildman–Crippen MR) is 109 cm³/mol. The van der Waals surface area contributed by atoms with E-state index in [0.29, 0.717) is 36.9 Å². The smallest absolute Gasteiger partial charge is 0.243 e. The normalized spacial score (nSPS) is 20.6. The van der Waals surface area contributed by atoms with Gasteiger partial charge in [0.25, 0.3) is 0 Å². The Hall–Kier alpha value is -1.40. The average Bonchev–Trinajstić information content (AvgIpc) is 2.68. The largest absolute Gasteiger partial charge is 0.353 e. The number of hydrogen-bond donors (Lipinski definition) is 1. The molecule has 0 radical (unpaired) electrons. The van der Waals surface area contributed by atoms with Crippen LogP contribution in [0.3, 0.4) is 0 Å². The molecular weight excluding hydrogens is 360 g/mol. The summed E-state index contributed by atoms with van der Waals surface area (Å²) >= 11 is 0. The molecule has 0 heterocycles. The first-order valence-electron chi connectivity index (χ1n) is 10.3. The fourth-order valence-electron chi connectivity index (χ4n) is 3.81. The Kier molecular flexibility index (Phi) is 8.29. The zero-order valence-corrected chi connectivity index (χ0v) is 17.7. The molecule has 5 nitrogen and oxygen atoms in total. The Balaban J connectivity index is 1.84. The number of hydrogen-bond acceptors (Lipinski definition) is 3. The molecule has 0 aromatic heterocycles. The fourth-order valence-corrected chi connectivity index (χ4v) is 5.27. The van der Waals surface area contributed by atoms with Gasteiger partial charge < -0.3 is 5.32 Å². The lowest BCUT2D eigenvalue weighted by Crippen LogP contribution is -2.37. The summed E-state index contributed by atoms with van der Waals surface area (Å²) in [5.41, 5.74) is 0.985. The monoisotopic (exact) mass is 394 g/mol. The maximum atomic E-state index is 12.5. The zero-order chi connectivity index (χ0) is 19.9. The van der Waals surface area contributed by atoms with E-state index in [1.54, 1.807) is 12.1 Å². The summed E-state index contributed by atoms with van der Waals surface area (Å²) in [5.74, 6) is 0.916. The van der Waals surface area contributed by atoms with E-state index < -0.39 is 10.0 Å². The van der Waals surface area contributed by atoms with Crippen molar-refractivity contribution in [2.24, 2.45) is 5.92 Å². The van der Waals surface area contributed by atoms with Gasteiger partial charge in [0, 0.05) is 25.6 Å². The lowest BCUT2D eigenvalue weighted by Gasteiger charge is -2.28. The summed E-state index contributed by atoms with van der Waals surface area (Å²) in [6.45, 7) is 6.83. The van der Waals surface area contributed by atoms with E-state index in [0.717, 1.165) is 24.3 Å². The SMILES string of the molecule is CCC1CCC(NC(=O)CCc2ccc(S(=O)(=O)N(CC)CC)cc2)CC1. The first kappa shape index (κ1) is 21.9. The topological polar surface area (TPSA) is 66.5 Å². The molecule has 1 aromatic carbocycles. The van der Waals surface area contributed by atoms with Gasteiger partial charge in [-0.15, -0.1) is 0 Å². The zero-order valence-electron chi connectivity index (χ0n) is 16.9. The van der Waals surface area contributed by atoms with Gasteiger partial charge in [-0.3, -0.25) is 4.79 Å². The lowest BCUT2D eigenvalue weighted by atomic mass is 9.84. The molecule has 0 bridgehead atoms. The van der Waals surface area contributed by atoms with Crippen LogP contribution in [0.2, 0.25) is 0 Å². The van der Waals surface area contributed by atoms with Gasteiger partial charge in [0.15, 0.2) is 0 Å². The van der Waals surface area contributed by atoms with E-state index in [-0.39, 0.29) is 5.91 Å². The molecule has 152 valence electrons. The molecule has 0 spiro atoms. The van der Waals surface area contributed by atoms with Crippen LogP contribution < -0.4 is 5.32 Å². The number of amides is 1. The predicted octanol–water partition coefficient (Wildman–Crippen LogP) is 3.73. The van der Waals surface area contributed by atoms with Crippen LogP contribution in [-0.2, 0) is 21.2 Å². The van der Waals surface area contributed by atoms with E-state index in [1.807, 2.05) is 26.0 Å². The minimum Gasteiger partial charge on any atom is -0.353 e. The van der Waals surface area contributed by atoms with Crippen molar-refractivity contribution in [3.8, 4) is 0 Å². The third-order valence-electron chi connectivity index (χ3n) is 5.70. The Bertz CT molecular complexity index is 689. The number of nitrogens with one attached hydrogen (secondary N) is 1. The van der Waals surface area contributed by atoms with E-state index in [4.69, 9.17) is 0 Å². The summed E-state index contributed by atoms with van der Waals surface area (Å²) in [4.78, 5) is 12.5. The second-order valence-corrected chi connectivity index (χ2v) is 9.36. The van der Waals surface area contributed by atoms with Gasteiger partial charge in [-0.05, 0) is 55.7 Å². The van der Waals surface area contributed by atoms with Crippen LogP contribution in [0.5, 0.6) is 0 Å². The van der Waals surface area contributed by atoms with Crippen LogP contribution in [0.25, 0.3) is 0 Å². The summed E-state index contributed by atoms with van der Waals surface area (Å²) < 4.78 is 26.4. The van der Waals surface area contributed by atoms with Gasteiger partial charge in [-0.1, -0.05) is 39.3 Å². The standard InChI is InChI=1S/C21H34N2O3S/c1-4-17-7-12-19(13-8-17)22-21(24)16-11-18-9-14-20(15-10-18)27(25,26)23(5-2)6-3/h9-10,14-15,17,19H,4-8,11-13,16H2,1-3H3,(H,22,24). The van der Waals surface area contributed by atoms with Gasteiger partial charge in [0.05, 0.1) is 4.90 Å². The highest BCUT2D eigenvalue weighted by Crippen LogP contribution is 2.26. The molecule has 1 amide bonds. The van der Waals surface area contributed by atoms with Gasteiger partial charge in [-0.25, -0.2) is 8.42 Å². The highest BCUT2D eigenvalue weighted by atomic mass is 32.2. The third-order valence-corrected chi connectivity index (χ3v) is 7.76. The summed E-state index contributed by atoms with van der Waals surface area (Å²) in [7, 11) is -3.42. The fraction of sp³-hybridized carbons (Fsp3) is 0.667. The number of nitrogens with zero attached hydrogens (tertiary/aromatic N) is 1. The Morgan fingerprint density at radius 2 is 1.63 bits per heavy atom. The minimum absolute atomic E-state index is 0.0924. The number of benzene rings is 1. The van der Waals surface area contributed by atoms with Crippen molar-refractivity contribution < 1.29 is 13.2 Å². The van der Waals surface area contributed by atoms with Crippen molar-refractivity contribution >= 4 is 15.9 Å². The third kappa shape index (κ3) is 6.04. The van der Waals surface area contributed by atoms with Crippen LogP contribution >= 0.6 is 0 Å². The molecule has 1 N–H and O–H groups in total. The van der Waals surface area contributed by atoms with Crippen LogP contribution in [0.15, 0.2) is 29.2 Å². The maximum absolute atomic E-state index is 12.5. The van der Waals surface area contributed by atoms with Crippen LogP contribution in [-0.4, -0.2) is 37.8 Å². The second-order valence-electron chi connectivity index (χ2n) is 7.43. The molecule has 6 heteroatoms. The van der Waals surface area contributed by atoms with Gasteiger partial charge in [0.1, 0.15) is 0 Å². The van der Waals surface area contributed by atoms with Crippen LogP contribution in [0.1, 0.15) is 64.9 Å². The van der Waals surface area contributed by atoms with Crippen molar-refractivity contribution in [2.45, 2.75) is 76.7 Å². The number of aryl methyl sites for hydroxylation is 1. The van der Waals surface area contributed by atoms with Crippen LogP contribution in [0, 0.1) is 5.92 Å². The van der Waals surface area contributed by atoms with Gasteiger partial charge in [-0.2, -0.15) is 4.31 Å². The molecule has 1 aromatic rings. The van der Waals surface area contributed by atoms with Crippen molar-refractivity contribution in [3.05, 3.63) is 29.8 Å². The van der Waals surface area contributed by atoms with Crippen LogP contribution in [0.4, 0.5) is 0 Å². The molecular formula is C21H34N2O3S. The highest BCUT2D eigenvalue weighted by Gasteiger charge is 2.22. The minimum atomic E-state index is -3.42. The lowest BCUT2D eigenvalue weighted by molar-refractivity contribution is -0.122. The molecule has 0 saturated heterocycles.